The molecule has 0 heterocycles. The number of nitrogens with zero attached hydrogens (tertiary/aromatic N) is 1. The van der Waals surface area contributed by atoms with Crippen molar-refractivity contribution in [3.8, 4) is 5.75 Å². The zero-order chi connectivity index (χ0) is 14.2. The highest BCUT2D eigenvalue weighted by molar-refractivity contribution is 5.33. The van der Waals surface area contributed by atoms with Gasteiger partial charge in [-0.25, -0.2) is 0 Å². The Balaban J connectivity index is 1.70. The maximum atomic E-state index is 5.65. The van der Waals surface area contributed by atoms with E-state index in [2.05, 4.69) is 29.4 Å². The molecule has 3 heteroatoms. The number of para-hydroxylation sites is 1. The van der Waals surface area contributed by atoms with Crippen molar-refractivity contribution in [1.29, 1.82) is 0 Å². The average molecular weight is 276 g/mol. The van der Waals surface area contributed by atoms with Gasteiger partial charge in [0.05, 0.1) is 6.61 Å². The third-order valence-corrected chi connectivity index (χ3v) is 4.18. The van der Waals surface area contributed by atoms with E-state index in [1.54, 1.807) is 0 Å². The molecule has 1 aromatic rings. The Morgan fingerprint density at radius 2 is 2.00 bits per heavy atom. The van der Waals surface area contributed by atoms with Crippen LogP contribution >= 0.6 is 0 Å². The molecule has 1 aromatic carbocycles. The third-order valence-electron chi connectivity index (χ3n) is 4.18. The second-order valence-corrected chi connectivity index (χ2v) is 5.64. The molecule has 1 fully saturated rings. The highest BCUT2D eigenvalue weighted by atomic mass is 16.5. The van der Waals surface area contributed by atoms with E-state index in [9.17, 15) is 0 Å². The molecule has 1 saturated carbocycles. The Morgan fingerprint density at radius 3 is 2.75 bits per heavy atom. The van der Waals surface area contributed by atoms with Crippen LogP contribution in [0.25, 0.3) is 0 Å². The summed E-state index contributed by atoms with van der Waals surface area (Å²) in [6, 6.07) is 9.10. The predicted octanol–water partition coefficient (Wildman–Crippen LogP) is 3.05. The van der Waals surface area contributed by atoms with E-state index < -0.39 is 0 Å². The zero-order valence-electron chi connectivity index (χ0n) is 12.9. The highest BCUT2D eigenvalue weighted by Crippen LogP contribution is 2.22. The van der Waals surface area contributed by atoms with Gasteiger partial charge in [0.2, 0.25) is 0 Å². The molecule has 2 rings (SSSR count). The summed E-state index contributed by atoms with van der Waals surface area (Å²) in [6.45, 7) is 5.80. The van der Waals surface area contributed by atoms with Crippen LogP contribution in [0.3, 0.4) is 0 Å². The van der Waals surface area contributed by atoms with Crippen LogP contribution in [0, 0.1) is 0 Å². The van der Waals surface area contributed by atoms with Crippen molar-refractivity contribution < 1.29 is 4.74 Å². The summed E-state index contributed by atoms with van der Waals surface area (Å²) in [5.74, 6) is 1.01. The lowest BCUT2D eigenvalue weighted by Crippen LogP contribution is -2.35. The first kappa shape index (κ1) is 15.3. The van der Waals surface area contributed by atoms with Gasteiger partial charge in [-0.2, -0.15) is 0 Å². The normalized spacial score (nSPS) is 15.9. The number of ether oxygens (including phenoxy) is 1. The van der Waals surface area contributed by atoms with Crippen LogP contribution in [0.4, 0.5) is 0 Å². The Morgan fingerprint density at radius 1 is 1.25 bits per heavy atom. The molecule has 0 aromatic heterocycles. The third kappa shape index (κ3) is 4.50. The summed E-state index contributed by atoms with van der Waals surface area (Å²) in [7, 11) is 2.26. The fraction of sp³-hybridized carbons (Fsp3) is 0.647. The average Bonchev–Trinajstić information content (AvgIpc) is 2.99. The zero-order valence-corrected chi connectivity index (χ0v) is 12.9. The molecule has 0 radical (unpaired) electrons. The van der Waals surface area contributed by atoms with Gasteiger partial charge >= 0.3 is 0 Å². The first-order chi connectivity index (χ1) is 9.81. The minimum Gasteiger partial charge on any atom is -0.494 e. The standard InChI is InChI=1S/C17H28N2O/c1-3-20-17-11-7-4-8-15(17)14-18-12-13-19(2)16-9-5-6-10-16/h4,7-8,11,16,18H,3,5-6,9-10,12-14H2,1-2H3. The van der Waals surface area contributed by atoms with Gasteiger partial charge in [-0.1, -0.05) is 31.0 Å². The lowest BCUT2D eigenvalue weighted by molar-refractivity contribution is 0.245. The van der Waals surface area contributed by atoms with E-state index in [1.165, 1.54) is 31.2 Å². The van der Waals surface area contributed by atoms with Gasteiger partial charge in [0.25, 0.3) is 0 Å². The summed E-state index contributed by atoms with van der Waals surface area (Å²) in [4.78, 5) is 2.51. The summed E-state index contributed by atoms with van der Waals surface area (Å²) >= 11 is 0. The van der Waals surface area contributed by atoms with Crippen molar-refractivity contribution in [2.45, 2.75) is 45.2 Å². The monoisotopic (exact) mass is 276 g/mol. The maximum absolute atomic E-state index is 5.65. The molecule has 0 aliphatic heterocycles. The molecule has 1 N–H and O–H groups in total. The lowest BCUT2D eigenvalue weighted by atomic mass is 10.2. The lowest BCUT2D eigenvalue weighted by Gasteiger charge is -2.24. The molecule has 0 amide bonds. The minimum atomic E-state index is 0.724. The molecule has 0 bridgehead atoms. The van der Waals surface area contributed by atoms with E-state index in [0.29, 0.717) is 0 Å². The van der Waals surface area contributed by atoms with E-state index in [-0.39, 0.29) is 0 Å². The molecular weight excluding hydrogens is 248 g/mol. The number of hydrogen-bond donors (Lipinski definition) is 1. The van der Waals surface area contributed by atoms with Crippen molar-refractivity contribution in [3.63, 3.8) is 0 Å². The summed E-state index contributed by atoms with van der Waals surface area (Å²) in [5, 5.41) is 3.53. The number of likely N-dealkylation sites (N-methyl/N-ethyl adjacent to an activating group) is 1. The molecule has 0 spiro atoms. The van der Waals surface area contributed by atoms with Crippen molar-refractivity contribution in [3.05, 3.63) is 29.8 Å². The molecular formula is C17H28N2O. The molecule has 0 atom stereocenters. The van der Waals surface area contributed by atoms with Gasteiger partial charge in [-0.05, 0) is 32.9 Å². The smallest absolute Gasteiger partial charge is 0.123 e. The quantitative estimate of drug-likeness (QED) is 0.739. The molecule has 112 valence electrons. The van der Waals surface area contributed by atoms with E-state index in [1.807, 2.05) is 19.1 Å². The second-order valence-electron chi connectivity index (χ2n) is 5.64. The number of rotatable bonds is 8. The van der Waals surface area contributed by atoms with Gasteiger partial charge in [-0.3, -0.25) is 0 Å². The van der Waals surface area contributed by atoms with Crippen LogP contribution in [-0.4, -0.2) is 37.7 Å². The van der Waals surface area contributed by atoms with E-state index in [4.69, 9.17) is 4.74 Å². The van der Waals surface area contributed by atoms with Crippen LogP contribution in [-0.2, 0) is 6.54 Å². The first-order valence-corrected chi connectivity index (χ1v) is 7.93. The summed E-state index contributed by atoms with van der Waals surface area (Å²) < 4.78 is 5.65. The fourth-order valence-electron chi connectivity index (χ4n) is 2.95. The first-order valence-electron chi connectivity index (χ1n) is 7.93. The van der Waals surface area contributed by atoms with Crippen LogP contribution in [0.2, 0.25) is 0 Å². The van der Waals surface area contributed by atoms with Gasteiger partial charge in [0.1, 0.15) is 5.75 Å². The van der Waals surface area contributed by atoms with Crippen molar-refractivity contribution in [2.75, 3.05) is 26.7 Å². The van der Waals surface area contributed by atoms with E-state index >= 15 is 0 Å². The SMILES string of the molecule is CCOc1ccccc1CNCCN(C)C1CCCC1. The largest absolute Gasteiger partial charge is 0.494 e. The van der Waals surface area contributed by atoms with Crippen LogP contribution in [0.15, 0.2) is 24.3 Å². The van der Waals surface area contributed by atoms with Crippen molar-refractivity contribution >= 4 is 0 Å². The molecule has 1 aliphatic carbocycles. The molecule has 0 saturated heterocycles. The van der Waals surface area contributed by atoms with Gasteiger partial charge in [0, 0.05) is 31.2 Å². The van der Waals surface area contributed by atoms with E-state index in [0.717, 1.165) is 38.0 Å². The van der Waals surface area contributed by atoms with Gasteiger partial charge in [-0.15, -0.1) is 0 Å². The number of nitrogens with one attached hydrogen (secondary N) is 1. The molecule has 0 unspecified atom stereocenters. The Kier molecular flexibility index (Phi) is 6.34. The molecule has 3 nitrogen and oxygen atoms in total. The summed E-state index contributed by atoms with van der Waals surface area (Å²) in [6.07, 6.45) is 5.57. The van der Waals surface area contributed by atoms with Crippen LogP contribution in [0.1, 0.15) is 38.2 Å². The Labute approximate surface area is 123 Å². The van der Waals surface area contributed by atoms with Crippen LogP contribution < -0.4 is 10.1 Å². The topological polar surface area (TPSA) is 24.5 Å². The van der Waals surface area contributed by atoms with Gasteiger partial charge in [0.15, 0.2) is 0 Å². The van der Waals surface area contributed by atoms with Crippen LogP contribution in [0.5, 0.6) is 5.75 Å². The highest BCUT2D eigenvalue weighted by Gasteiger charge is 2.18. The minimum absolute atomic E-state index is 0.724. The van der Waals surface area contributed by atoms with Crippen molar-refractivity contribution in [1.82, 2.24) is 10.2 Å². The van der Waals surface area contributed by atoms with Gasteiger partial charge < -0.3 is 15.0 Å². The fourth-order valence-corrected chi connectivity index (χ4v) is 2.95. The molecule has 1 aliphatic rings. The summed E-state index contributed by atoms with van der Waals surface area (Å²) in [5.41, 5.74) is 1.25. The number of benzene rings is 1. The van der Waals surface area contributed by atoms with Crippen molar-refractivity contribution in [2.24, 2.45) is 0 Å². The number of hydrogen-bond acceptors (Lipinski definition) is 3. The Bertz CT molecular complexity index is 388. The predicted molar refractivity (Wildman–Crippen MR) is 84.2 cm³/mol. The maximum Gasteiger partial charge on any atom is 0.123 e. The second kappa shape index (κ2) is 8.28. The molecule has 20 heavy (non-hydrogen) atoms. The Hall–Kier alpha value is -1.06.